The number of carbonyl (C=O) groups excluding carboxylic acids is 3. The molecule has 0 saturated heterocycles. The lowest BCUT2D eigenvalue weighted by molar-refractivity contribution is -0.167. The predicted molar refractivity (Wildman–Crippen MR) is 362 cm³/mol. The summed E-state index contributed by atoms with van der Waals surface area (Å²) < 4.78 is 16.9. The Bertz CT molecular complexity index is 1750. The number of unbranched alkanes of at least 4 members (excludes halogenated alkanes) is 29. The van der Waals surface area contributed by atoms with E-state index in [1.807, 2.05) is 0 Å². The highest BCUT2D eigenvalue weighted by Gasteiger charge is 2.19. The van der Waals surface area contributed by atoms with E-state index in [0.29, 0.717) is 19.3 Å². The third-order valence-corrected chi connectivity index (χ3v) is 14.7. The number of hydrogen-bond acceptors (Lipinski definition) is 6. The summed E-state index contributed by atoms with van der Waals surface area (Å²) in [6, 6.07) is 0. The second kappa shape index (κ2) is 70.0. The Hall–Kier alpha value is -4.45. The molecule has 1 unspecified atom stereocenters. The van der Waals surface area contributed by atoms with Crippen molar-refractivity contribution < 1.29 is 28.6 Å². The minimum absolute atomic E-state index is 0.0813. The summed E-state index contributed by atoms with van der Waals surface area (Å²) in [4.78, 5) is 38.4. The molecule has 0 aliphatic rings. The second-order valence-corrected chi connectivity index (χ2v) is 22.7. The largest absolute Gasteiger partial charge is 0.462 e. The van der Waals surface area contributed by atoms with Crippen molar-refractivity contribution in [1.29, 1.82) is 0 Å². The van der Waals surface area contributed by atoms with Crippen LogP contribution in [0.2, 0.25) is 0 Å². The maximum atomic E-state index is 12.9. The van der Waals surface area contributed by atoms with E-state index in [-0.39, 0.29) is 31.1 Å². The van der Waals surface area contributed by atoms with Crippen LogP contribution in [-0.4, -0.2) is 37.2 Å². The van der Waals surface area contributed by atoms with Crippen LogP contribution in [0.1, 0.15) is 316 Å². The average molecular weight is 1150 g/mol. The standard InChI is InChI=1S/C77H128O6/c1-4-7-10-13-16-19-22-24-26-28-30-32-34-35-36-37-38-39-40-41-43-44-46-48-50-52-55-58-61-64-67-70-76(79)82-73-74(72-81-75(78)69-66-63-60-57-54-21-18-15-12-9-6-3)83-77(80)71-68-65-62-59-56-53-51-49-47-45-42-33-31-29-27-25-23-20-17-14-11-8-5-2/h7-8,10-11,16-17,19-20,24-27,30-33,35-36,38-39,41,43,74H,4-6,9,12-15,18,21-23,28-29,34,37,40,42,44-73H2,1-3H3/b10-7-,11-8-,19-16-,20-17-,26-24-,27-25-,32-30-,33-31-,36-35-,39-38-,43-41-. The van der Waals surface area contributed by atoms with Crippen LogP contribution in [0.15, 0.2) is 134 Å². The van der Waals surface area contributed by atoms with Gasteiger partial charge in [0.05, 0.1) is 0 Å². The molecule has 6 nitrogen and oxygen atoms in total. The molecule has 0 N–H and O–H groups in total. The molecule has 0 aliphatic heterocycles. The first-order chi connectivity index (χ1) is 41.0. The summed E-state index contributed by atoms with van der Waals surface area (Å²) in [5, 5.41) is 0. The normalized spacial score (nSPS) is 13.0. The van der Waals surface area contributed by atoms with E-state index in [1.54, 1.807) is 0 Å². The van der Waals surface area contributed by atoms with Gasteiger partial charge in [-0.3, -0.25) is 14.4 Å². The first-order valence-corrected chi connectivity index (χ1v) is 34.7. The van der Waals surface area contributed by atoms with E-state index < -0.39 is 6.10 Å². The molecule has 0 radical (unpaired) electrons. The Labute approximate surface area is 513 Å². The lowest BCUT2D eigenvalue weighted by Crippen LogP contribution is -2.30. The minimum Gasteiger partial charge on any atom is -0.462 e. The maximum absolute atomic E-state index is 12.9. The van der Waals surface area contributed by atoms with Gasteiger partial charge in [0.2, 0.25) is 0 Å². The fourth-order valence-electron chi connectivity index (χ4n) is 9.53. The number of allylic oxidation sites excluding steroid dienone is 22. The second-order valence-electron chi connectivity index (χ2n) is 22.7. The molecule has 0 aromatic heterocycles. The van der Waals surface area contributed by atoms with Gasteiger partial charge in [-0.1, -0.05) is 315 Å². The van der Waals surface area contributed by atoms with E-state index in [1.165, 1.54) is 141 Å². The topological polar surface area (TPSA) is 78.9 Å². The van der Waals surface area contributed by atoms with Crippen molar-refractivity contribution in [2.45, 2.75) is 322 Å². The Balaban J connectivity index is 4.27. The summed E-state index contributed by atoms with van der Waals surface area (Å²) >= 11 is 0. The summed E-state index contributed by atoms with van der Waals surface area (Å²) in [5.74, 6) is -0.885. The van der Waals surface area contributed by atoms with Crippen molar-refractivity contribution in [2.24, 2.45) is 0 Å². The fraction of sp³-hybridized carbons (Fsp3) is 0.675. The molecule has 83 heavy (non-hydrogen) atoms. The van der Waals surface area contributed by atoms with Crippen LogP contribution < -0.4 is 0 Å². The highest BCUT2D eigenvalue weighted by Crippen LogP contribution is 2.16. The van der Waals surface area contributed by atoms with Crippen LogP contribution in [0, 0.1) is 0 Å². The first-order valence-electron chi connectivity index (χ1n) is 34.7. The third-order valence-electron chi connectivity index (χ3n) is 14.7. The summed E-state index contributed by atoms with van der Waals surface area (Å²) in [6.07, 6.45) is 99.0. The van der Waals surface area contributed by atoms with Crippen LogP contribution in [0.4, 0.5) is 0 Å². The monoisotopic (exact) mass is 1150 g/mol. The van der Waals surface area contributed by atoms with Crippen LogP contribution in [0.5, 0.6) is 0 Å². The van der Waals surface area contributed by atoms with Gasteiger partial charge >= 0.3 is 17.9 Å². The van der Waals surface area contributed by atoms with Gasteiger partial charge in [-0.05, 0) is 116 Å². The van der Waals surface area contributed by atoms with E-state index in [0.717, 1.165) is 135 Å². The maximum Gasteiger partial charge on any atom is 0.306 e. The molecule has 6 heteroatoms. The van der Waals surface area contributed by atoms with Gasteiger partial charge in [-0.2, -0.15) is 0 Å². The zero-order valence-electron chi connectivity index (χ0n) is 54.2. The number of ether oxygens (including phenoxy) is 3. The zero-order chi connectivity index (χ0) is 59.9. The van der Waals surface area contributed by atoms with Crippen molar-refractivity contribution in [3.8, 4) is 0 Å². The molecule has 1 atom stereocenters. The van der Waals surface area contributed by atoms with Crippen LogP contribution in [0.25, 0.3) is 0 Å². The highest BCUT2D eigenvalue weighted by atomic mass is 16.6. The van der Waals surface area contributed by atoms with Crippen LogP contribution in [-0.2, 0) is 28.6 Å². The quantitative estimate of drug-likeness (QED) is 0.0261. The van der Waals surface area contributed by atoms with Crippen molar-refractivity contribution in [2.75, 3.05) is 13.2 Å². The lowest BCUT2D eigenvalue weighted by atomic mass is 10.0. The SMILES string of the molecule is CC/C=C\C/C=C\C/C=C\C/C=C\C/C=C\C/C=C\C/C=C\CCCCCCCCCCCC(=O)OCC(COC(=O)CCCCCCCCCCCCC)OC(=O)CCCCCCCCCCCC/C=C\C/C=C\C/C=C\C/C=C\CC. The molecule has 0 aromatic carbocycles. The van der Waals surface area contributed by atoms with Crippen molar-refractivity contribution in [1.82, 2.24) is 0 Å². The molecule has 0 spiro atoms. The predicted octanol–water partition coefficient (Wildman–Crippen LogP) is 24.1. The van der Waals surface area contributed by atoms with Crippen LogP contribution in [0.3, 0.4) is 0 Å². The summed E-state index contributed by atoms with van der Waals surface area (Å²) in [7, 11) is 0. The molecule has 0 rings (SSSR count). The molecule has 0 fully saturated rings. The number of rotatable bonds is 62. The highest BCUT2D eigenvalue weighted by molar-refractivity contribution is 5.71. The molecule has 0 saturated carbocycles. The third kappa shape index (κ3) is 68.2. The number of esters is 3. The van der Waals surface area contributed by atoms with Gasteiger partial charge in [-0.15, -0.1) is 0 Å². The van der Waals surface area contributed by atoms with Gasteiger partial charge < -0.3 is 14.2 Å². The Morgan fingerprint density at radius 3 is 0.735 bits per heavy atom. The molecule has 0 aromatic rings. The Kier molecular flexibility index (Phi) is 66.3. The number of carbonyl (C=O) groups is 3. The minimum atomic E-state index is -0.786. The molecule has 0 amide bonds. The zero-order valence-corrected chi connectivity index (χ0v) is 54.2. The van der Waals surface area contributed by atoms with E-state index in [2.05, 4.69) is 154 Å². The molecular weight excluding hydrogens is 1020 g/mol. The molecule has 0 heterocycles. The van der Waals surface area contributed by atoms with Gasteiger partial charge in [-0.25, -0.2) is 0 Å². The summed E-state index contributed by atoms with van der Waals surface area (Å²) in [5.41, 5.74) is 0. The van der Waals surface area contributed by atoms with Crippen molar-refractivity contribution in [3.05, 3.63) is 134 Å². The van der Waals surface area contributed by atoms with Crippen molar-refractivity contribution >= 4 is 17.9 Å². The average Bonchev–Trinajstić information content (AvgIpc) is 3.48. The van der Waals surface area contributed by atoms with Gasteiger partial charge in [0, 0.05) is 19.3 Å². The Morgan fingerprint density at radius 2 is 0.470 bits per heavy atom. The molecule has 472 valence electrons. The van der Waals surface area contributed by atoms with Gasteiger partial charge in [0.15, 0.2) is 6.10 Å². The lowest BCUT2D eigenvalue weighted by Gasteiger charge is -2.18. The van der Waals surface area contributed by atoms with E-state index in [4.69, 9.17) is 14.2 Å². The van der Waals surface area contributed by atoms with Crippen molar-refractivity contribution in [3.63, 3.8) is 0 Å². The summed E-state index contributed by atoms with van der Waals surface area (Å²) in [6.45, 7) is 6.42. The molecule has 0 aliphatic carbocycles. The molecular formula is C77H128O6. The first kappa shape index (κ1) is 78.5. The van der Waals surface area contributed by atoms with Gasteiger partial charge in [0.25, 0.3) is 0 Å². The van der Waals surface area contributed by atoms with E-state index in [9.17, 15) is 14.4 Å². The van der Waals surface area contributed by atoms with Crippen LogP contribution >= 0.6 is 0 Å². The number of hydrogen-bond donors (Lipinski definition) is 0. The molecule has 0 bridgehead atoms. The Morgan fingerprint density at radius 1 is 0.253 bits per heavy atom. The van der Waals surface area contributed by atoms with Gasteiger partial charge in [0.1, 0.15) is 13.2 Å². The smallest absolute Gasteiger partial charge is 0.306 e. The van der Waals surface area contributed by atoms with E-state index >= 15 is 0 Å². The fourth-order valence-corrected chi connectivity index (χ4v) is 9.53.